The van der Waals surface area contributed by atoms with Crippen molar-refractivity contribution in [3.63, 3.8) is 0 Å². The van der Waals surface area contributed by atoms with Gasteiger partial charge in [-0.15, -0.1) is 0 Å². The van der Waals surface area contributed by atoms with Crippen molar-refractivity contribution >= 4 is 17.6 Å². The van der Waals surface area contributed by atoms with E-state index in [4.69, 9.17) is 0 Å². The van der Waals surface area contributed by atoms with Crippen LogP contribution in [-0.4, -0.2) is 36.5 Å². The predicted octanol–water partition coefficient (Wildman–Crippen LogP) is 2.01. The van der Waals surface area contributed by atoms with E-state index in [9.17, 15) is 4.79 Å². The maximum absolute atomic E-state index is 11.8. The summed E-state index contributed by atoms with van der Waals surface area (Å²) in [6.45, 7) is 8.12. The van der Waals surface area contributed by atoms with Crippen LogP contribution in [0.15, 0.2) is 29.5 Å². The minimum absolute atomic E-state index is 0.0778. The molecule has 0 saturated carbocycles. The van der Waals surface area contributed by atoms with E-state index in [2.05, 4.69) is 39.8 Å². The highest BCUT2D eigenvalue weighted by molar-refractivity contribution is 5.93. The van der Waals surface area contributed by atoms with Gasteiger partial charge in [-0.1, -0.05) is 13.8 Å². The zero-order chi connectivity index (χ0) is 16.2. The van der Waals surface area contributed by atoms with Gasteiger partial charge in [0.15, 0.2) is 5.96 Å². The number of carbonyl (C=O) groups is 1. The van der Waals surface area contributed by atoms with E-state index in [1.807, 2.05) is 6.92 Å². The van der Waals surface area contributed by atoms with Gasteiger partial charge in [-0.3, -0.25) is 9.78 Å². The third kappa shape index (κ3) is 8.24. The summed E-state index contributed by atoms with van der Waals surface area (Å²) in [6, 6.07) is 3.57. The number of carbonyl (C=O) groups excluding carboxylic acids is 1. The Hall–Kier alpha value is -2.11. The van der Waals surface area contributed by atoms with Gasteiger partial charge in [0.2, 0.25) is 5.91 Å². The molecule has 1 aromatic heterocycles. The third-order valence-electron chi connectivity index (χ3n) is 2.92. The van der Waals surface area contributed by atoms with Gasteiger partial charge >= 0.3 is 0 Å². The van der Waals surface area contributed by atoms with E-state index in [-0.39, 0.29) is 12.5 Å². The molecule has 122 valence electrons. The number of nitrogens with one attached hydrogen (secondary N) is 3. The highest BCUT2D eigenvalue weighted by Crippen LogP contribution is 2.02. The lowest BCUT2D eigenvalue weighted by atomic mass is 10.1. The molecule has 6 nitrogen and oxygen atoms in total. The Labute approximate surface area is 132 Å². The SMILES string of the molecule is CCNC(=NCC(=O)Nc1cccnc1)NCCCC(C)C. The average molecular weight is 305 g/mol. The Bertz CT molecular complexity index is 459. The maximum Gasteiger partial charge on any atom is 0.246 e. The van der Waals surface area contributed by atoms with E-state index < -0.39 is 0 Å². The van der Waals surface area contributed by atoms with E-state index in [1.54, 1.807) is 24.5 Å². The molecule has 1 heterocycles. The average Bonchev–Trinajstić information content (AvgIpc) is 2.49. The Morgan fingerprint density at radius 2 is 2.18 bits per heavy atom. The number of nitrogens with zero attached hydrogens (tertiary/aromatic N) is 2. The molecular weight excluding hydrogens is 278 g/mol. The van der Waals surface area contributed by atoms with Gasteiger partial charge in [0.1, 0.15) is 6.54 Å². The number of aliphatic imine (C=N–C) groups is 1. The van der Waals surface area contributed by atoms with Gasteiger partial charge in [0.05, 0.1) is 11.9 Å². The summed E-state index contributed by atoms with van der Waals surface area (Å²) in [7, 11) is 0. The minimum Gasteiger partial charge on any atom is -0.357 e. The summed E-state index contributed by atoms with van der Waals surface area (Å²) >= 11 is 0. The summed E-state index contributed by atoms with van der Waals surface area (Å²) in [5.74, 6) is 1.21. The van der Waals surface area contributed by atoms with Crippen molar-refractivity contribution in [1.29, 1.82) is 0 Å². The molecule has 1 aromatic rings. The van der Waals surface area contributed by atoms with Crippen LogP contribution in [-0.2, 0) is 4.79 Å². The standard InChI is InChI=1S/C16H27N5O/c1-4-18-16(19-10-5-7-13(2)3)20-12-15(22)21-14-8-6-9-17-11-14/h6,8-9,11,13H,4-5,7,10,12H2,1-3H3,(H,21,22)(H2,18,19,20). The molecule has 0 aliphatic carbocycles. The van der Waals surface area contributed by atoms with Crippen LogP contribution in [0.4, 0.5) is 5.69 Å². The van der Waals surface area contributed by atoms with Crippen LogP contribution in [0.3, 0.4) is 0 Å². The van der Waals surface area contributed by atoms with Gasteiger partial charge in [-0.25, -0.2) is 4.99 Å². The molecule has 0 fully saturated rings. The molecule has 3 N–H and O–H groups in total. The largest absolute Gasteiger partial charge is 0.357 e. The molecule has 1 amide bonds. The van der Waals surface area contributed by atoms with Gasteiger partial charge in [0, 0.05) is 19.3 Å². The molecule has 0 radical (unpaired) electrons. The molecule has 0 spiro atoms. The van der Waals surface area contributed by atoms with Crippen molar-refractivity contribution in [1.82, 2.24) is 15.6 Å². The molecular formula is C16H27N5O. The summed E-state index contributed by atoms with van der Waals surface area (Å²) in [5.41, 5.74) is 0.678. The van der Waals surface area contributed by atoms with Gasteiger partial charge in [0.25, 0.3) is 0 Å². The smallest absolute Gasteiger partial charge is 0.246 e. The Morgan fingerprint density at radius 1 is 1.36 bits per heavy atom. The van der Waals surface area contributed by atoms with E-state index >= 15 is 0 Å². The number of hydrogen-bond acceptors (Lipinski definition) is 3. The second-order valence-electron chi connectivity index (χ2n) is 5.45. The van der Waals surface area contributed by atoms with Crippen molar-refractivity contribution in [3.8, 4) is 0 Å². The minimum atomic E-state index is -0.160. The van der Waals surface area contributed by atoms with Gasteiger partial charge < -0.3 is 16.0 Å². The van der Waals surface area contributed by atoms with Crippen LogP contribution in [0.5, 0.6) is 0 Å². The molecule has 0 aromatic carbocycles. The molecule has 0 atom stereocenters. The summed E-state index contributed by atoms with van der Waals surface area (Å²) in [5, 5.41) is 9.14. The van der Waals surface area contributed by atoms with Crippen LogP contribution in [0.1, 0.15) is 33.6 Å². The van der Waals surface area contributed by atoms with Crippen LogP contribution in [0, 0.1) is 5.92 Å². The highest BCUT2D eigenvalue weighted by Gasteiger charge is 2.03. The lowest BCUT2D eigenvalue weighted by Crippen LogP contribution is -2.38. The van der Waals surface area contributed by atoms with Gasteiger partial charge in [-0.05, 0) is 37.8 Å². The lowest BCUT2D eigenvalue weighted by Gasteiger charge is -2.12. The first-order chi connectivity index (χ1) is 10.6. The number of amides is 1. The van der Waals surface area contributed by atoms with Crippen molar-refractivity contribution in [2.24, 2.45) is 10.9 Å². The van der Waals surface area contributed by atoms with E-state index in [1.165, 1.54) is 6.42 Å². The quantitative estimate of drug-likeness (QED) is 0.390. The lowest BCUT2D eigenvalue weighted by molar-refractivity contribution is -0.114. The second kappa shape index (κ2) is 10.6. The predicted molar refractivity (Wildman–Crippen MR) is 90.9 cm³/mol. The first-order valence-corrected chi connectivity index (χ1v) is 7.84. The van der Waals surface area contributed by atoms with Crippen molar-refractivity contribution in [2.75, 3.05) is 25.0 Å². The fraction of sp³-hybridized carbons (Fsp3) is 0.562. The molecule has 0 bridgehead atoms. The Morgan fingerprint density at radius 3 is 2.82 bits per heavy atom. The first-order valence-electron chi connectivity index (χ1n) is 7.84. The first kappa shape index (κ1) is 17.9. The zero-order valence-corrected chi connectivity index (χ0v) is 13.7. The second-order valence-corrected chi connectivity index (χ2v) is 5.45. The monoisotopic (exact) mass is 305 g/mol. The Balaban J connectivity index is 2.38. The van der Waals surface area contributed by atoms with Crippen LogP contribution in [0.2, 0.25) is 0 Å². The molecule has 0 unspecified atom stereocenters. The van der Waals surface area contributed by atoms with Crippen LogP contribution >= 0.6 is 0 Å². The number of pyridine rings is 1. The number of aromatic nitrogens is 1. The van der Waals surface area contributed by atoms with Crippen molar-refractivity contribution < 1.29 is 4.79 Å². The number of anilines is 1. The molecule has 1 rings (SSSR count). The fourth-order valence-corrected chi connectivity index (χ4v) is 1.85. The fourth-order valence-electron chi connectivity index (χ4n) is 1.85. The number of rotatable bonds is 8. The van der Waals surface area contributed by atoms with Crippen molar-refractivity contribution in [2.45, 2.75) is 33.6 Å². The molecule has 22 heavy (non-hydrogen) atoms. The summed E-state index contributed by atoms with van der Waals surface area (Å²) in [4.78, 5) is 20.1. The maximum atomic E-state index is 11.8. The topological polar surface area (TPSA) is 78.4 Å². The summed E-state index contributed by atoms with van der Waals surface area (Å²) < 4.78 is 0. The Kier molecular flexibility index (Phi) is 8.64. The van der Waals surface area contributed by atoms with Crippen LogP contribution in [0.25, 0.3) is 0 Å². The number of hydrogen-bond donors (Lipinski definition) is 3. The normalized spacial score (nSPS) is 11.4. The number of guanidine groups is 1. The molecule has 0 aliphatic rings. The molecule has 0 aliphatic heterocycles. The van der Waals surface area contributed by atoms with Gasteiger partial charge in [-0.2, -0.15) is 0 Å². The van der Waals surface area contributed by atoms with E-state index in [0.717, 1.165) is 19.5 Å². The van der Waals surface area contributed by atoms with E-state index in [0.29, 0.717) is 17.6 Å². The third-order valence-corrected chi connectivity index (χ3v) is 2.92. The summed E-state index contributed by atoms with van der Waals surface area (Å²) in [6.07, 6.45) is 5.53. The zero-order valence-electron chi connectivity index (χ0n) is 13.7. The van der Waals surface area contributed by atoms with Crippen LogP contribution < -0.4 is 16.0 Å². The molecule has 0 saturated heterocycles. The van der Waals surface area contributed by atoms with Crippen molar-refractivity contribution in [3.05, 3.63) is 24.5 Å². The highest BCUT2D eigenvalue weighted by atomic mass is 16.1. The molecule has 6 heteroatoms.